The number of aliphatic hydroxyl groups is 1. The summed E-state index contributed by atoms with van der Waals surface area (Å²) in [7, 11) is 1.26. The van der Waals surface area contributed by atoms with E-state index in [1.165, 1.54) is 14.0 Å². The molecule has 0 aliphatic carbocycles. The van der Waals surface area contributed by atoms with Crippen molar-refractivity contribution in [2.24, 2.45) is 0 Å². The highest BCUT2D eigenvalue weighted by Crippen LogP contribution is 1.93. The lowest BCUT2D eigenvalue weighted by atomic mass is 10.2. The molecule has 0 rings (SSSR count). The average molecular weight is 220 g/mol. The molecule has 84 valence electrons. The third kappa shape index (κ3) is 41.5. The first-order valence-corrected chi connectivity index (χ1v) is 3.95. The number of rotatable bonds is 2. The molecule has 0 bridgehead atoms. The van der Waals surface area contributed by atoms with Crippen molar-refractivity contribution in [1.29, 1.82) is 0 Å². The van der Waals surface area contributed by atoms with Crippen molar-refractivity contribution >= 4 is 29.1 Å². The second-order valence-electron chi connectivity index (χ2n) is 3.63. The van der Waals surface area contributed by atoms with Gasteiger partial charge in [0.15, 0.2) is 17.4 Å². The molecule has 1 N–H and O–H groups in total. The molecule has 0 heterocycles. The van der Waals surface area contributed by atoms with E-state index in [1.54, 1.807) is 20.8 Å². The van der Waals surface area contributed by atoms with Gasteiger partial charge in [-0.2, -0.15) is 0 Å². The molecule has 0 spiro atoms. The Kier molecular flexibility index (Phi) is 12.6. The van der Waals surface area contributed by atoms with Crippen LogP contribution in [0.25, 0.3) is 0 Å². The molecule has 0 fully saturated rings. The first-order valence-electron chi connectivity index (χ1n) is 3.95. The molecule has 5 heteroatoms. The van der Waals surface area contributed by atoms with E-state index in [9.17, 15) is 9.59 Å². The summed E-state index contributed by atoms with van der Waals surface area (Å²) in [6.45, 7) is 6.57. The molecule has 0 aromatic heterocycles. The van der Waals surface area contributed by atoms with Gasteiger partial charge in [0, 0.05) is 0 Å². The molecule has 0 atom stereocenters. The molecule has 4 nitrogen and oxygen atoms in total. The summed E-state index contributed by atoms with van der Waals surface area (Å²) >= 11 is 0. The van der Waals surface area contributed by atoms with Crippen molar-refractivity contribution in [3.63, 3.8) is 0 Å². The molecule has 0 amide bonds. The predicted octanol–water partition coefficient (Wildman–Crippen LogP) is -0.268. The van der Waals surface area contributed by atoms with Crippen LogP contribution in [-0.4, -0.2) is 46.9 Å². The largest absolute Gasteiger partial charge is 0.469 e. The maximum atomic E-state index is 10.2. The first-order chi connectivity index (χ1) is 5.66. The van der Waals surface area contributed by atoms with Gasteiger partial charge < -0.3 is 9.84 Å². The fourth-order valence-corrected chi connectivity index (χ4v) is 0.275. The number of carbonyl (C=O) groups is 2. The summed E-state index contributed by atoms with van der Waals surface area (Å²) < 4.78 is 4.20. The van der Waals surface area contributed by atoms with Crippen LogP contribution < -0.4 is 0 Å². The van der Waals surface area contributed by atoms with Crippen LogP contribution in [0.15, 0.2) is 0 Å². The third-order valence-electron chi connectivity index (χ3n) is 0.621. The van der Waals surface area contributed by atoms with Gasteiger partial charge >= 0.3 is 5.97 Å². The number of ether oxygens (including phenoxy) is 1. The Morgan fingerprint density at radius 1 is 1.29 bits per heavy atom. The van der Waals surface area contributed by atoms with Gasteiger partial charge in [-0.05, 0) is 27.7 Å². The third-order valence-corrected chi connectivity index (χ3v) is 0.621. The van der Waals surface area contributed by atoms with Crippen LogP contribution in [0.1, 0.15) is 34.1 Å². The Morgan fingerprint density at radius 2 is 1.57 bits per heavy atom. The second-order valence-corrected chi connectivity index (χ2v) is 3.63. The van der Waals surface area contributed by atoms with E-state index in [1.807, 2.05) is 0 Å². The minimum absolute atomic E-state index is 0. The number of hydrogen-bond donors (Lipinski definition) is 1. The molecule has 14 heavy (non-hydrogen) atoms. The van der Waals surface area contributed by atoms with Crippen LogP contribution in [-0.2, 0) is 14.3 Å². The minimum Gasteiger partial charge on any atom is -0.469 e. The van der Waals surface area contributed by atoms with Crippen LogP contribution >= 0.6 is 0 Å². The summed E-state index contributed by atoms with van der Waals surface area (Å²) in [6, 6.07) is 0. The summed E-state index contributed by atoms with van der Waals surface area (Å²) in [5, 5.41) is 8.52. The lowest BCUT2D eigenvalue weighted by molar-refractivity contribution is -0.142. The van der Waals surface area contributed by atoms with Gasteiger partial charge in [0.2, 0.25) is 0 Å². The molecule has 0 unspecified atom stereocenters. The predicted molar refractivity (Wildman–Crippen MR) is 59.2 cm³/mol. The van der Waals surface area contributed by atoms with Crippen molar-refractivity contribution in [3.8, 4) is 0 Å². The number of ketones is 1. The minimum atomic E-state index is -0.500. The molecule has 0 saturated carbocycles. The normalized spacial score (nSPS) is 9.00. The van der Waals surface area contributed by atoms with E-state index in [0.29, 0.717) is 0 Å². The topological polar surface area (TPSA) is 63.6 Å². The standard InChI is InChI=1S/C5H8O3.C4H10O.Al.3H/c1-4(6)3-5(7)8-2;1-4(2,3)5;;;;/h3H2,1-2H3;5H,1-3H3;;;;. The van der Waals surface area contributed by atoms with E-state index < -0.39 is 11.6 Å². The van der Waals surface area contributed by atoms with Gasteiger partial charge in [-0.3, -0.25) is 9.59 Å². The van der Waals surface area contributed by atoms with Crippen LogP contribution in [0, 0.1) is 0 Å². The van der Waals surface area contributed by atoms with Crippen LogP contribution in [0.4, 0.5) is 0 Å². The number of carbonyl (C=O) groups excluding carboxylic acids is 2. The zero-order valence-electron chi connectivity index (χ0n) is 8.88. The first kappa shape index (κ1) is 19.2. The monoisotopic (exact) mass is 220 g/mol. The fourth-order valence-electron chi connectivity index (χ4n) is 0.275. The zero-order chi connectivity index (χ0) is 11.1. The van der Waals surface area contributed by atoms with Crippen LogP contribution in [0.3, 0.4) is 0 Å². The number of methoxy groups -OCH3 is 1. The average Bonchev–Trinajstić information content (AvgIpc) is 1.82. The lowest BCUT2D eigenvalue weighted by Gasteiger charge is -2.04. The highest BCUT2D eigenvalue weighted by atomic mass is 27.0. The van der Waals surface area contributed by atoms with E-state index >= 15 is 0 Å². The Balaban J connectivity index is -0.000000177. The Morgan fingerprint density at radius 3 is 1.64 bits per heavy atom. The SMILES string of the molecule is CC(C)(C)O.COC(=O)CC(C)=O.[AlH3]. The van der Waals surface area contributed by atoms with Crippen LogP contribution in [0.2, 0.25) is 0 Å². The maximum Gasteiger partial charge on any atom is 0.313 e. The van der Waals surface area contributed by atoms with Crippen molar-refractivity contribution in [1.82, 2.24) is 0 Å². The van der Waals surface area contributed by atoms with Crippen molar-refractivity contribution < 1.29 is 19.4 Å². The van der Waals surface area contributed by atoms with Crippen molar-refractivity contribution in [2.45, 2.75) is 39.7 Å². The summed E-state index contributed by atoms with van der Waals surface area (Å²) in [5.41, 5.74) is -0.500. The van der Waals surface area contributed by atoms with E-state index in [-0.39, 0.29) is 29.6 Å². The second kappa shape index (κ2) is 9.20. The molecule has 0 aliphatic heterocycles. The van der Waals surface area contributed by atoms with Gasteiger partial charge in [0.25, 0.3) is 0 Å². The summed E-state index contributed by atoms with van der Waals surface area (Å²) in [5.74, 6) is -0.644. The van der Waals surface area contributed by atoms with Gasteiger partial charge in [-0.1, -0.05) is 0 Å². The highest BCUT2D eigenvalue weighted by molar-refractivity contribution is 5.93. The van der Waals surface area contributed by atoms with Crippen molar-refractivity contribution in [3.05, 3.63) is 0 Å². The molecule has 0 radical (unpaired) electrons. The smallest absolute Gasteiger partial charge is 0.313 e. The molecular formula is C9H21AlO4. The van der Waals surface area contributed by atoms with Gasteiger partial charge in [0.05, 0.1) is 12.7 Å². The van der Waals surface area contributed by atoms with Gasteiger partial charge in [0.1, 0.15) is 12.2 Å². The lowest BCUT2D eigenvalue weighted by Crippen LogP contribution is -2.10. The maximum absolute atomic E-state index is 10.2. The Bertz CT molecular complexity index is 166. The molecule has 0 aromatic carbocycles. The van der Waals surface area contributed by atoms with Gasteiger partial charge in [-0.15, -0.1) is 0 Å². The quantitative estimate of drug-likeness (QED) is 0.395. The van der Waals surface area contributed by atoms with Crippen LogP contribution in [0.5, 0.6) is 0 Å². The Hall–Kier alpha value is -0.368. The summed E-state index contributed by atoms with van der Waals surface area (Å²) in [6.07, 6.45) is -0.115. The van der Waals surface area contributed by atoms with Crippen molar-refractivity contribution in [2.75, 3.05) is 7.11 Å². The van der Waals surface area contributed by atoms with E-state index in [4.69, 9.17) is 5.11 Å². The Labute approximate surface area is 95.8 Å². The number of Topliss-reactive ketones (excluding diaryl/α,β-unsaturated/α-hetero) is 1. The summed E-state index contributed by atoms with van der Waals surface area (Å²) in [4.78, 5) is 20.3. The zero-order valence-corrected chi connectivity index (χ0v) is 8.88. The molecule has 0 saturated heterocycles. The highest BCUT2D eigenvalue weighted by Gasteiger charge is 2.01. The molecular weight excluding hydrogens is 199 g/mol. The number of esters is 1. The molecule has 0 aliphatic rings. The molecule has 0 aromatic rings. The fraction of sp³-hybridized carbons (Fsp3) is 0.778. The van der Waals surface area contributed by atoms with E-state index in [2.05, 4.69) is 4.74 Å². The number of hydrogen-bond acceptors (Lipinski definition) is 4. The van der Waals surface area contributed by atoms with Gasteiger partial charge in [-0.25, -0.2) is 0 Å². The van der Waals surface area contributed by atoms with E-state index in [0.717, 1.165) is 0 Å².